The van der Waals surface area contributed by atoms with Crippen LogP contribution in [0.3, 0.4) is 0 Å². The predicted molar refractivity (Wildman–Crippen MR) is 87.0 cm³/mol. The molecule has 1 unspecified atom stereocenters. The van der Waals surface area contributed by atoms with Crippen LogP contribution in [0.4, 0.5) is 0 Å². The third-order valence-electron chi connectivity index (χ3n) is 3.86. The summed E-state index contributed by atoms with van der Waals surface area (Å²) in [7, 11) is 0. The van der Waals surface area contributed by atoms with Crippen molar-refractivity contribution >= 4 is 11.9 Å². The van der Waals surface area contributed by atoms with E-state index in [2.05, 4.69) is 10.3 Å². The number of benzene rings is 1. The van der Waals surface area contributed by atoms with Gasteiger partial charge in [-0.2, -0.15) is 0 Å². The number of nitrogens with zero attached hydrogens (tertiary/aromatic N) is 1. The predicted octanol–water partition coefficient (Wildman–Crippen LogP) is 2.17. The van der Waals surface area contributed by atoms with Gasteiger partial charge in [-0.15, -0.1) is 0 Å². The number of aromatic nitrogens is 1. The van der Waals surface area contributed by atoms with E-state index < -0.39 is 11.4 Å². The Bertz CT molecular complexity index is 658. The molecule has 2 N–H and O–H groups in total. The Balaban J connectivity index is 1.94. The monoisotopic (exact) mass is 312 g/mol. The van der Waals surface area contributed by atoms with E-state index in [1.54, 1.807) is 37.4 Å². The first-order chi connectivity index (χ1) is 11.0. The molecule has 0 bridgehead atoms. The number of aryl methyl sites for hydroxylation is 1. The van der Waals surface area contributed by atoms with Crippen LogP contribution in [0.15, 0.2) is 54.7 Å². The zero-order chi connectivity index (χ0) is 16.7. The number of pyridine rings is 1. The summed E-state index contributed by atoms with van der Waals surface area (Å²) in [6.45, 7) is 1.66. The molecule has 120 valence electrons. The number of carboxylic acids is 1. The maximum Gasteiger partial charge on any atom is 0.315 e. The van der Waals surface area contributed by atoms with Gasteiger partial charge in [0.05, 0.1) is 0 Å². The van der Waals surface area contributed by atoms with Gasteiger partial charge in [-0.05, 0) is 31.0 Å². The maximum absolute atomic E-state index is 12.0. The number of carbonyl (C=O) groups excluding carboxylic acids is 1. The number of hydrogen-bond acceptors (Lipinski definition) is 3. The smallest absolute Gasteiger partial charge is 0.315 e. The summed E-state index contributed by atoms with van der Waals surface area (Å²) in [5.41, 5.74) is 0.353. The average molecular weight is 312 g/mol. The molecule has 1 amide bonds. The van der Waals surface area contributed by atoms with Crippen molar-refractivity contribution in [2.24, 2.45) is 0 Å². The molecule has 0 aliphatic carbocycles. The summed E-state index contributed by atoms with van der Waals surface area (Å²) in [5, 5.41) is 12.3. The van der Waals surface area contributed by atoms with Gasteiger partial charge in [-0.1, -0.05) is 36.4 Å². The second-order valence-electron chi connectivity index (χ2n) is 5.60. The van der Waals surface area contributed by atoms with Crippen LogP contribution >= 0.6 is 0 Å². The molecular weight excluding hydrogens is 292 g/mol. The first-order valence-corrected chi connectivity index (χ1v) is 7.48. The Morgan fingerprint density at radius 1 is 1.13 bits per heavy atom. The van der Waals surface area contributed by atoms with Gasteiger partial charge in [-0.3, -0.25) is 14.6 Å². The van der Waals surface area contributed by atoms with Crippen LogP contribution in [0, 0.1) is 0 Å². The van der Waals surface area contributed by atoms with Crippen LogP contribution in [0.25, 0.3) is 0 Å². The highest BCUT2D eigenvalue weighted by Gasteiger charge is 2.35. The lowest BCUT2D eigenvalue weighted by atomic mass is 9.82. The SMILES string of the molecule is CC(CNC(=O)CCc1ccccn1)(C(=O)O)c1ccccc1. The van der Waals surface area contributed by atoms with E-state index in [1.807, 2.05) is 24.3 Å². The summed E-state index contributed by atoms with van der Waals surface area (Å²) in [5.74, 6) is -1.15. The van der Waals surface area contributed by atoms with Crippen molar-refractivity contribution in [2.45, 2.75) is 25.2 Å². The molecule has 0 aliphatic heterocycles. The van der Waals surface area contributed by atoms with Crippen molar-refractivity contribution in [2.75, 3.05) is 6.54 Å². The zero-order valence-electron chi connectivity index (χ0n) is 13.0. The number of rotatable bonds is 7. The van der Waals surface area contributed by atoms with Gasteiger partial charge in [0.15, 0.2) is 0 Å². The van der Waals surface area contributed by atoms with Gasteiger partial charge in [0.1, 0.15) is 5.41 Å². The quantitative estimate of drug-likeness (QED) is 0.821. The third-order valence-corrected chi connectivity index (χ3v) is 3.86. The van der Waals surface area contributed by atoms with Crippen molar-refractivity contribution < 1.29 is 14.7 Å². The van der Waals surface area contributed by atoms with Crippen molar-refractivity contribution in [3.05, 3.63) is 66.0 Å². The largest absolute Gasteiger partial charge is 0.481 e. The van der Waals surface area contributed by atoms with Gasteiger partial charge in [0.2, 0.25) is 5.91 Å². The Morgan fingerprint density at radius 3 is 2.43 bits per heavy atom. The van der Waals surface area contributed by atoms with E-state index in [0.717, 1.165) is 5.69 Å². The topological polar surface area (TPSA) is 79.3 Å². The first-order valence-electron chi connectivity index (χ1n) is 7.48. The summed E-state index contributed by atoms with van der Waals surface area (Å²) < 4.78 is 0. The van der Waals surface area contributed by atoms with Crippen molar-refractivity contribution in [1.29, 1.82) is 0 Å². The van der Waals surface area contributed by atoms with E-state index in [0.29, 0.717) is 12.0 Å². The number of amides is 1. The summed E-state index contributed by atoms with van der Waals surface area (Å²) in [4.78, 5) is 27.8. The molecule has 0 saturated heterocycles. The van der Waals surface area contributed by atoms with Gasteiger partial charge >= 0.3 is 5.97 Å². The minimum absolute atomic E-state index is 0.0490. The molecule has 5 nitrogen and oxygen atoms in total. The van der Waals surface area contributed by atoms with E-state index in [4.69, 9.17) is 0 Å². The Morgan fingerprint density at radius 2 is 1.83 bits per heavy atom. The summed E-state index contributed by atoms with van der Waals surface area (Å²) in [6.07, 6.45) is 2.49. The summed E-state index contributed by atoms with van der Waals surface area (Å²) in [6, 6.07) is 14.5. The lowest BCUT2D eigenvalue weighted by molar-refractivity contribution is -0.143. The Hall–Kier alpha value is -2.69. The fourth-order valence-corrected chi connectivity index (χ4v) is 2.26. The molecule has 0 spiro atoms. The molecule has 2 rings (SSSR count). The average Bonchev–Trinajstić information content (AvgIpc) is 2.59. The second-order valence-corrected chi connectivity index (χ2v) is 5.60. The van der Waals surface area contributed by atoms with Crippen LogP contribution in [0.2, 0.25) is 0 Å². The molecule has 1 aromatic heterocycles. The van der Waals surface area contributed by atoms with Gasteiger partial charge in [0.25, 0.3) is 0 Å². The number of aliphatic carboxylic acids is 1. The molecule has 0 radical (unpaired) electrons. The third kappa shape index (κ3) is 4.39. The fraction of sp³-hybridized carbons (Fsp3) is 0.278. The van der Waals surface area contributed by atoms with Crippen LogP contribution < -0.4 is 5.32 Å². The number of carbonyl (C=O) groups is 2. The highest BCUT2D eigenvalue weighted by Crippen LogP contribution is 2.23. The van der Waals surface area contributed by atoms with Crippen molar-refractivity contribution in [3.63, 3.8) is 0 Å². The molecule has 23 heavy (non-hydrogen) atoms. The number of carboxylic acid groups (broad SMARTS) is 1. The van der Waals surface area contributed by atoms with Crippen LogP contribution in [0.1, 0.15) is 24.6 Å². The van der Waals surface area contributed by atoms with Crippen LogP contribution in [-0.4, -0.2) is 28.5 Å². The first kappa shape index (κ1) is 16.7. The molecule has 0 saturated carbocycles. The number of nitrogens with one attached hydrogen (secondary N) is 1. The van der Waals surface area contributed by atoms with Crippen LogP contribution in [-0.2, 0) is 21.4 Å². The molecule has 2 aromatic rings. The summed E-state index contributed by atoms with van der Waals surface area (Å²) >= 11 is 0. The molecular formula is C18H20N2O3. The Kier molecular flexibility index (Phi) is 5.46. The van der Waals surface area contributed by atoms with Gasteiger partial charge < -0.3 is 10.4 Å². The van der Waals surface area contributed by atoms with Gasteiger partial charge in [0, 0.05) is 24.9 Å². The van der Waals surface area contributed by atoms with Crippen molar-refractivity contribution in [3.8, 4) is 0 Å². The molecule has 5 heteroatoms. The van der Waals surface area contributed by atoms with Crippen LogP contribution in [0.5, 0.6) is 0 Å². The molecule has 1 heterocycles. The molecule has 0 aliphatic rings. The minimum atomic E-state index is -1.15. The zero-order valence-corrected chi connectivity index (χ0v) is 13.0. The van der Waals surface area contributed by atoms with Gasteiger partial charge in [-0.25, -0.2) is 0 Å². The molecule has 0 fully saturated rings. The van der Waals surface area contributed by atoms with Crippen molar-refractivity contribution in [1.82, 2.24) is 10.3 Å². The molecule has 1 atom stereocenters. The highest BCUT2D eigenvalue weighted by atomic mass is 16.4. The fourth-order valence-electron chi connectivity index (χ4n) is 2.26. The highest BCUT2D eigenvalue weighted by molar-refractivity contribution is 5.83. The lowest BCUT2D eigenvalue weighted by Crippen LogP contribution is -2.44. The Labute approximate surface area is 135 Å². The lowest BCUT2D eigenvalue weighted by Gasteiger charge is -2.25. The van der Waals surface area contributed by atoms with E-state index >= 15 is 0 Å². The second kappa shape index (κ2) is 7.54. The van der Waals surface area contributed by atoms with E-state index in [-0.39, 0.29) is 18.9 Å². The molecule has 1 aromatic carbocycles. The van der Waals surface area contributed by atoms with E-state index in [1.165, 1.54) is 0 Å². The minimum Gasteiger partial charge on any atom is -0.481 e. The maximum atomic E-state index is 12.0. The normalized spacial score (nSPS) is 13.1. The standard InChI is InChI=1S/C18H20N2O3/c1-18(17(22)23,14-7-3-2-4-8-14)13-20-16(21)11-10-15-9-5-6-12-19-15/h2-9,12H,10-11,13H2,1H3,(H,20,21)(H,22,23). The number of hydrogen-bond donors (Lipinski definition) is 2. The van der Waals surface area contributed by atoms with E-state index in [9.17, 15) is 14.7 Å².